The van der Waals surface area contributed by atoms with Gasteiger partial charge in [-0.3, -0.25) is 4.39 Å². The highest BCUT2D eigenvalue weighted by atomic mass is 19.4. The summed E-state index contributed by atoms with van der Waals surface area (Å²) < 4.78 is 92.5. The molecule has 1 fully saturated rings. The van der Waals surface area contributed by atoms with Crippen LogP contribution in [0.2, 0.25) is 0 Å². The molecule has 0 amide bonds. The zero-order valence-corrected chi connectivity index (χ0v) is 5.10. The fourth-order valence-electron chi connectivity index (χ4n) is 0.817. The lowest BCUT2D eigenvalue weighted by Crippen LogP contribution is -2.40. The summed E-state index contributed by atoms with van der Waals surface area (Å²) in [5, 5.41) is 0. The molecule has 0 atom stereocenters. The van der Waals surface area contributed by atoms with Gasteiger partial charge in [-0.05, 0) is 0 Å². The first kappa shape index (κ1) is 9.59. The minimum atomic E-state index is -6.90. The topological polar surface area (TPSA) is 0 Å². The summed E-state index contributed by atoms with van der Waals surface area (Å²) >= 11 is 0. The van der Waals surface area contributed by atoms with Crippen molar-refractivity contribution in [3.8, 4) is 0 Å². The Hall–Kier alpha value is -0.495. The summed E-state index contributed by atoms with van der Waals surface area (Å²) in [5.41, 5.74) is -5.62. The van der Waals surface area contributed by atoms with E-state index in [1.165, 1.54) is 0 Å². The second-order valence-corrected chi connectivity index (χ2v) is 2.44. The first-order valence-electron chi connectivity index (χ1n) is 2.64. The average Bonchev–Trinajstić information content (AvgIpc) is 2.09. The van der Waals surface area contributed by atoms with Crippen LogP contribution in [-0.4, -0.2) is 24.4 Å². The Morgan fingerprint density at radius 1 is 0.667 bits per heavy atom. The lowest BCUT2D eigenvalue weighted by atomic mass is 9.79. The molecule has 0 nitrogen and oxygen atoms in total. The molecule has 12 heavy (non-hydrogen) atoms. The van der Waals surface area contributed by atoms with Crippen LogP contribution in [0.15, 0.2) is 0 Å². The van der Waals surface area contributed by atoms with Crippen LogP contribution in [0, 0.1) is 0 Å². The maximum Gasteiger partial charge on any atom is 0.528 e. The van der Waals surface area contributed by atoms with Crippen LogP contribution in [0.5, 0.6) is 0 Å². The Morgan fingerprint density at radius 2 is 0.917 bits per heavy atom. The molecule has 0 saturated heterocycles. The number of hydrogen-bond acceptors (Lipinski definition) is 0. The van der Waals surface area contributed by atoms with Crippen molar-refractivity contribution >= 4 is 6.98 Å². The molecule has 1 aliphatic carbocycles. The number of hydrogen-bond donors (Lipinski definition) is 0. The van der Waals surface area contributed by atoms with E-state index in [9.17, 15) is 34.9 Å². The summed E-state index contributed by atoms with van der Waals surface area (Å²) in [7, 11) is 0. The van der Waals surface area contributed by atoms with Crippen molar-refractivity contribution in [3.63, 3.8) is 0 Å². The molecule has 0 radical (unpaired) electrons. The molecule has 0 aliphatic heterocycles. The van der Waals surface area contributed by atoms with Gasteiger partial charge in [-0.2, -0.15) is 17.6 Å². The summed E-state index contributed by atoms with van der Waals surface area (Å²) in [5.74, 6) is -11.2. The van der Waals surface area contributed by atoms with Gasteiger partial charge in [-0.15, -0.1) is 0 Å². The van der Waals surface area contributed by atoms with E-state index in [2.05, 4.69) is 0 Å². The molecule has 0 unspecified atom stereocenters. The van der Waals surface area contributed by atoms with Crippen LogP contribution in [0.25, 0.3) is 0 Å². The molecule has 1 rings (SSSR count). The van der Waals surface area contributed by atoms with E-state index in [-0.39, 0.29) is 0 Å². The van der Waals surface area contributed by atoms with Crippen molar-refractivity contribution in [2.24, 2.45) is 0 Å². The van der Waals surface area contributed by atoms with E-state index in [1.807, 2.05) is 0 Å². The quantitative estimate of drug-likeness (QED) is 0.449. The summed E-state index contributed by atoms with van der Waals surface area (Å²) in [6.45, 7) is -6.90. The lowest BCUT2D eigenvalue weighted by molar-refractivity contribution is -0.0278. The highest BCUT2D eigenvalue weighted by Gasteiger charge is 3.02. The average molecular weight is 199 g/mol. The van der Waals surface area contributed by atoms with Crippen molar-refractivity contribution in [1.29, 1.82) is 0 Å². The molecule has 1 aliphatic rings. The summed E-state index contributed by atoms with van der Waals surface area (Å²) in [6.07, 6.45) is 0. The Morgan fingerprint density at radius 3 is 0.917 bits per heavy atom. The fraction of sp³-hybridized carbons (Fsp3) is 1.00. The van der Waals surface area contributed by atoms with Crippen LogP contribution in [0.3, 0.4) is 0 Å². The maximum absolute atomic E-state index is 12.0. The minimum Gasteiger partial charge on any atom is -0.447 e. The van der Waals surface area contributed by atoms with E-state index in [1.54, 1.807) is 0 Å². The van der Waals surface area contributed by atoms with Crippen molar-refractivity contribution in [2.45, 2.75) is 17.4 Å². The van der Waals surface area contributed by atoms with Crippen molar-refractivity contribution in [2.75, 3.05) is 0 Å². The third kappa shape index (κ3) is 0.612. The molecule has 0 heterocycles. The molecule has 1 saturated carbocycles. The van der Waals surface area contributed by atoms with Gasteiger partial charge in [0.25, 0.3) is 0 Å². The minimum absolute atomic E-state index is 5.61. The standard InChI is InChI=1S/C3BF8/c5-1(4(10,11)12)2(6,7)3(1,8)9/q-1. The van der Waals surface area contributed by atoms with Gasteiger partial charge in [-0.1, -0.05) is 0 Å². The Balaban J connectivity index is 3.09. The predicted molar refractivity (Wildman–Crippen MR) is 22.8 cm³/mol. The highest BCUT2D eigenvalue weighted by Crippen LogP contribution is 2.72. The van der Waals surface area contributed by atoms with Gasteiger partial charge in [0.1, 0.15) is 0 Å². The fourth-order valence-corrected chi connectivity index (χ4v) is 0.817. The first-order valence-corrected chi connectivity index (χ1v) is 2.64. The maximum atomic E-state index is 12.0. The molecule has 72 valence electrons. The normalized spacial score (nSPS) is 30.0. The molecule has 0 aromatic heterocycles. The molecule has 0 aromatic carbocycles. The van der Waals surface area contributed by atoms with Gasteiger partial charge < -0.3 is 12.9 Å². The van der Waals surface area contributed by atoms with Crippen molar-refractivity contribution < 1.29 is 34.9 Å². The van der Waals surface area contributed by atoms with Gasteiger partial charge in [0.2, 0.25) is 5.57 Å². The van der Waals surface area contributed by atoms with Gasteiger partial charge in [-0.25, -0.2) is 0 Å². The molecular weight excluding hydrogens is 199 g/mol. The van der Waals surface area contributed by atoms with Crippen molar-refractivity contribution in [3.05, 3.63) is 0 Å². The Kier molecular flexibility index (Phi) is 1.37. The second kappa shape index (κ2) is 1.72. The number of halogens is 8. The molecule has 0 bridgehead atoms. The SMILES string of the molecule is F[B-](F)(F)C1(F)C(F)(F)C1(F)F. The smallest absolute Gasteiger partial charge is 0.447 e. The van der Waals surface area contributed by atoms with Crippen LogP contribution < -0.4 is 0 Å². The predicted octanol–water partition coefficient (Wildman–Crippen LogP) is 2.37. The largest absolute Gasteiger partial charge is 0.528 e. The van der Waals surface area contributed by atoms with E-state index in [4.69, 9.17) is 0 Å². The lowest BCUT2D eigenvalue weighted by Gasteiger charge is -2.16. The van der Waals surface area contributed by atoms with Gasteiger partial charge in [0.05, 0.1) is 0 Å². The van der Waals surface area contributed by atoms with Crippen LogP contribution in [-0.2, 0) is 0 Å². The van der Waals surface area contributed by atoms with Crippen LogP contribution in [0.1, 0.15) is 0 Å². The molecular formula is C3BF8-. The zero-order chi connectivity index (χ0) is 10.0. The summed E-state index contributed by atoms with van der Waals surface area (Å²) in [4.78, 5) is 0. The Labute approximate surface area is 60.6 Å². The van der Waals surface area contributed by atoms with Gasteiger partial charge in [0.15, 0.2) is 0 Å². The van der Waals surface area contributed by atoms with E-state index in [0.717, 1.165) is 0 Å². The first-order chi connectivity index (χ1) is 5.00. The van der Waals surface area contributed by atoms with E-state index >= 15 is 0 Å². The second-order valence-electron chi connectivity index (χ2n) is 2.44. The van der Waals surface area contributed by atoms with E-state index < -0.39 is 24.4 Å². The number of alkyl halides is 5. The highest BCUT2D eigenvalue weighted by molar-refractivity contribution is 6.64. The van der Waals surface area contributed by atoms with Gasteiger partial charge >= 0.3 is 18.8 Å². The third-order valence-electron chi connectivity index (χ3n) is 1.70. The van der Waals surface area contributed by atoms with E-state index in [0.29, 0.717) is 0 Å². The third-order valence-corrected chi connectivity index (χ3v) is 1.70. The van der Waals surface area contributed by atoms with Gasteiger partial charge in [0, 0.05) is 0 Å². The molecule has 0 spiro atoms. The molecule has 0 aromatic rings. The monoisotopic (exact) mass is 199 g/mol. The number of rotatable bonds is 1. The van der Waals surface area contributed by atoms with Crippen molar-refractivity contribution in [1.82, 2.24) is 0 Å². The zero-order valence-electron chi connectivity index (χ0n) is 5.10. The Bertz CT molecular complexity index is 201. The molecule has 0 N–H and O–H groups in total. The summed E-state index contributed by atoms with van der Waals surface area (Å²) in [6, 6.07) is 0. The molecule has 9 heteroatoms. The van der Waals surface area contributed by atoms with Crippen LogP contribution >= 0.6 is 0 Å². The van der Waals surface area contributed by atoms with Crippen LogP contribution in [0.4, 0.5) is 34.9 Å².